The zero-order valence-corrected chi connectivity index (χ0v) is 14.9. The molecule has 0 radical (unpaired) electrons. The van der Waals surface area contributed by atoms with Crippen LogP contribution in [0.1, 0.15) is 23.0 Å². The molecule has 26 heavy (non-hydrogen) atoms. The summed E-state index contributed by atoms with van der Waals surface area (Å²) in [5, 5.41) is 11.4. The first-order chi connectivity index (χ1) is 12.6. The van der Waals surface area contributed by atoms with E-state index in [2.05, 4.69) is 9.97 Å². The molecule has 2 aromatic carbocycles. The SMILES string of the molecule is CCc1c(-c2cccc3[nH]ccc23)[nH]c(C(=O)O)c1-c1ccccc1Cl. The molecule has 0 spiro atoms. The van der Waals surface area contributed by atoms with E-state index in [1.165, 1.54) is 0 Å². The maximum atomic E-state index is 12.0. The molecule has 4 aromatic rings. The zero-order valence-electron chi connectivity index (χ0n) is 14.1. The molecule has 0 aliphatic carbocycles. The number of hydrogen-bond donors (Lipinski definition) is 3. The number of aromatic carboxylic acids is 1. The van der Waals surface area contributed by atoms with Crippen LogP contribution in [0.25, 0.3) is 33.3 Å². The minimum Gasteiger partial charge on any atom is -0.477 e. The van der Waals surface area contributed by atoms with Crippen LogP contribution >= 0.6 is 11.6 Å². The van der Waals surface area contributed by atoms with Gasteiger partial charge in [0.1, 0.15) is 5.69 Å². The Hall–Kier alpha value is -2.98. The minimum atomic E-state index is -0.998. The summed E-state index contributed by atoms with van der Waals surface area (Å²) >= 11 is 6.39. The number of hydrogen-bond acceptors (Lipinski definition) is 1. The first-order valence-corrected chi connectivity index (χ1v) is 8.79. The van der Waals surface area contributed by atoms with Gasteiger partial charge in [-0.2, -0.15) is 0 Å². The van der Waals surface area contributed by atoms with Crippen LogP contribution in [0, 0.1) is 0 Å². The predicted molar refractivity (Wildman–Crippen MR) is 105 cm³/mol. The summed E-state index contributed by atoms with van der Waals surface area (Å²) in [5.74, 6) is -0.998. The number of carboxylic acid groups (broad SMARTS) is 1. The number of carboxylic acids is 1. The summed E-state index contributed by atoms with van der Waals surface area (Å²) in [6.07, 6.45) is 2.57. The minimum absolute atomic E-state index is 0.164. The molecular weight excluding hydrogens is 348 g/mol. The van der Waals surface area contributed by atoms with Crippen molar-refractivity contribution in [3.05, 3.63) is 71.0 Å². The Bertz CT molecular complexity index is 1120. The van der Waals surface area contributed by atoms with Crippen molar-refractivity contribution in [2.75, 3.05) is 0 Å². The second-order valence-corrected chi connectivity index (χ2v) is 6.52. The maximum absolute atomic E-state index is 12.0. The van der Waals surface area contributed by atoms with Gasteiger partial charge in [-0.25, -0.2) is 4.79 Å². The molecule has 3 N–H and O–H groups in total. The molecule has 130 valence electrons. The van der Waals surface area contributed by atoms with Crippen LogP contribution in [0.4, 0.5) is 0 Å². The lowest BCUT2D eigenvalue weighted by Crippen LogP contribution is -1.99. The molecular formula is C21H17ClN2O2. The molecule has 4 rings (SSSR count). The van der Waals surface area contributed by atoms with Crippen molar-refractivity contribution in [2.24, 2.45) is 0 Å². The number of rotatable bonds is 4. The van der Waals surface area contributed by atoms with Crippen LogP contribution in [0.5, 0.6) is 0 Å². The van der Waals surface area contributed by atoms with Crippen LogP contribution in [0.3, 0.4) is 0 Å². The molecule has 0 amide bonds. The molecule has 5 heteroatoms. The smallest absolute Gasteiger partial charge is 0.352 e. The standard InChI is InChI=1S/C21H17ClN2O2/c1-2-12-18(15-6-3-4-8-16(15)22)20(21(25)26)24-19(12)14-7-5-9-17-13(14)10-11-23-17/h3-11,23-24H,2H2,1H3,(H,25,26). The second-order valence-electron chi connectivity index (χ2n) is 6.11. The van der Waals surface area contributed by atoms with Gasteiger partial charge < -0.3 is 15.1 Å². The first kappa shape index (κ1) is 16.5. The number of H-pyrrole nitrogens is 2. The van der Waals surface area contributed by atoms with Crippen molar-refractivity contribution in [1.29, 1.82) is 0 Å². The Balaban J connectivity index is 2.07. The summed E-state index contributed by atoms with van der Waals surface area (Å²) in [6, 6.07) is 15.3. The quantitative estimate of drug-likeness (QED) is 0.432. The van der Waals surface area contributed by atoms with Gasteiger partial charge in [-0.05, 0) is 30.2 Å². The average Bonchev–Trinajstić information content (AvgIpc) is 3.26. The van der Waals surface area contributed by atoms with E-state index in [-0.39, 0.29) is 5.69 Å². The van der Waals surface area contributed by atoms with Gasteiger partial charge in [-0.1, -0.05) is 48.9 Å². The van der Waals surface area contributed by atoms with Gasteiger partial charge in [0.25, 0.3) is 0 Å². The highest BCUT2D eigenvalue weighted by Gasteiger charge is 2.24. The van der Waals surface area contributed by atoms with Crippen LogP contribution in [-0.2, 0) is 6.42 Å². The van der Waals surface area contributed by atoms with E-state index >= 15 is 0 Å². The molecule has 2 aromatic heterocycles. The first-order valence-electron chi connectivity index (χ1n) is 8.41. The summed E-state index contributed by atoms with van der Waals surface area (Å²) in [4.78, 5) is 18.3. The Kier molecular flexibility index (Phi) is 4.05. The molecule has 0 unspecified atom stereocenters. The van der Waals surface area contributed by atoms with Gasteiger partial charge >= 0.3 is 5.97 Å². The molecule has 0 atom stereocenters. The molecule has 0 aliphatic heterocycles. The largest absolute Gasteiger partial charge is 0.477 e. The van der Waals surface area contributed by atoms with Crippen molar-refractivity contribution < 1.29 is 9.90 Å². The van der Waals surface area contributed by atoms with Gasteiger partial charge in [0, 0.05) is 38.8 Å². The van der Waals surface area contributed by atoms with Crippen molar-refractivity contribution in [2.45, 2.75) is 13.3 Å². The summed E-state index contributed by atoms with van der Waals surface area (Å²) < 4.78 is 0. The lowest BCUT2D eigenvalue weighted by atomic mass is 9.95. The normalized spacial score (nSPS) is 11.2. The van der Waals surface area contributed by atoms with Gasteiger partial charge in [0.2, 0.25) is 0 Å². The van der Waals surface area contributed by atoms with Crippen molar-refractivity contribution in [3.63, 3.8) is 0 Å². The van der Waals surface area contributed by atoms with E-state index < -0.39 is 5.97 Å². The third kappa shape index (κ3) is 2.50. The van der Waals surface area contributed by atoms with Gasteiger partial charge in [0.15, 0.2) is 0 Å². The maximum Gasteiger partial charge on any atom is 0.352 e. The predicted octanol–water partition coefficient (Wildman–Crippen LogP) is 5.74. The lowest BCUT2D eigenvalue weighted by Gasteiger charge is -2.09. The molecule has 0 fully saturated rings. The van der Waals surface area contributed by atoms with Crippen molar-refractivity contribution in [1.82, 2.24) is 9.97 Å². The van der Waals surface area contributed by atoms with E-state index in [0.29, 0.717) is 17.0 Å². The number of carbonyl (C=O) groups is 1. The molecule has 2 heterocycles. The highest BCUT2D eigenvalue weighted by atomic mass is 35.5. The van der Waals surface area contributed by atoms with E-state index in [4.69, 9.17) is 11.6 Å². The third-order valence-corrected chi connectivity index (χ3v) is 5.01. The lowest BCUT2D eigenvalue weighted by molar-refractivity contribution is 0.0692. The van der Waals surface area contributed by atoms with E-state index in [1.54, 1.807) is 6.07 Å². The fourth-order valence-electron chi connectivity index (χ4n) is 3.55. The second kappa shape index (κ2) is 6.39. The van der Waals surface area contributed by atoms with Crippen molar-refractivity contribution in [3.8, 4) is 22.4 Å². The van der Waals surface area contributed by atoms with Crippen molar-refractivity contribution >= 4 is 28.5 Å². The summed E-state index contributed by atoms with van der Waals surface area (Å²) in [5.41, 5.74) is 5.31. The number of aromatic nitrogens is 2. The molecule has 0 saturated heterocycles. The van der Waals surface area contributed by atoms with Gasteiger partial charge in [0.05, 0.1) is 5.69 Å². The number of nitrogens with one attached hydrogen (secondary N) is 2. The Morgan fingerprint density at radius 2 is 1.85 bits per heavy atom. The molecule has 4 nitrogen and oxygen atoms in total. The monoisotopic (exact) mass is 364 g/mol. The number of aromatic amines is 2. The topological polar surface area (TPSA) is 68.9 Å². The highest BCUT2D eigenvalue weighted by molar-refractivity contribution is 6.33. The van der Waals surface area contributed by atoms with E-state index in [9.17, 15) is 9.90 Å². The number of fused-ring (bicyclic) bond motifs is 1. The number of benzene rings is 2. The molecule has 0 saturated carbocycles. The molecule has 0 aliphatic rings. The van der Waals surface area contributed by atoms with Crippen LogP contribution < -0.4 is 0 Å². The molecule has 0 bridgehead atoms. The van der Waals surface area contributed by atoms with Crippen LogP contribution in [0.15, 0.2) is 54.7 Å². The zero-order chi connectivity index (χ0) is 18.3. The van der Waals surface area contributed by atoms with Gasteiger partial charge in [-0.3, -0.25) is 0 Å². The summed E-state index contributed by atoms with van der Waals surface area (Å²) in [7, 11) is 0. The Morgan fingerprint density at radius 1 is 1.08 bits per heavy atom. The van der Waals surface area contributed by atoms with E-state index in [1.807, 2.05) is 55.6 Å². The summed E-state index contributed by atoms with van der Waals surface area (Å²) in [6.45, 7) is 2.02. The van der Waals surface area contributed by atoms with Gasteiger partial charge in [-0.15, -0.1) is 0 Å². The highest BCUT2D eigenvalue weighted by Crippen LogP contribution is 2.40. The average molecular weight is 365 g/mol. The fourth-order valence-corrected chi connectivity index (χ4v) is 3.78. The van der Waals surface area contributed by atoms with Crippen LogP contribution in [-0.4, -0.2) is 21.0 Å². The third-order valence-electron chi connectivity index (χ3n) is 4.68. The fraction of sp³-hybridized carbons (Fsp3) is 0.0952. The van der Waals surface area contributed by atoms with E-state index in [0.717, 1.165) is 33.3 Å². The number of halogens is 1. The Morgan fingerprint density at radius 3 is 2.58 bits per heavy atom. The van der Waals surface area contributed by atoms with Crippen LogP contribution in [0.2, 0.25) is 5.02 Å². The Labute approximate surface area is 155 Å².